The molecule has 1 aromatic carbocycles. The summed E-state index contributed by atoms with van der Waals surface area (Å²) >= 11 is 0. The standard InChI is InChI=1S/C18H22N4O/c1-13(2)19-18(23)15-12-16(22-10-6-7-11-22)21-17(20-15)14-8-4-3-5-9-14/h3-5,8-9,12-13H,6-7,10-11H2,1-2H3,(H,19,23). The number of anilines is 1. The minimum absolute atomic E-state index is 0.0767. The lowest BCUT2D eigenvalue weighted by Crippen LogP contribution is -2.31. The highest BCUT2D eigenvalue weighted by Crippen LogP contribution is 2.23. The van der Waals surface area contributed by atoms with Crippen molar-refractivity contribution in [2.45, 2.75) is 32.7 Å². The molecule has 5 nitrogen and oxygen atoms in total. The average Bonchev–Trinajstić information content (AvgIpc) is 3.09. The van der Waals surface area contributed by atoms with E-state index >= 15 is 0 Å². The summed E-state index contributed by atoms with van der Waals surface area (Å²) in [6.07, 6.45) is 2.33. The SMILES string of the molecule is CC(C)NC(=O)c1cc(N2CCCC2)nc(-c2ccccc2)n1. The van der Waals surface area contributed by atoms with Crippen molar-refractivity contribution in [2.75, 3.05) is 18.0 Å². The van der Waals surface area contributed by atoms with Gasteiger partial charge in [0, 0.05) is 30.8 Å². The Hall–Kier alpha value is -2.43. The second kappa shape index (κ2) is 6.77. The summed E-state index contributed by atoms with van der Waals surface area (Å²) in [5, 5.41) is 2.91. The van der Waals surface area contributed by atoms with Gasteiger partial charge in [0.2, 0.25) is 0 Å². The fourth-order valence-electron chi connectivity index (χ4n) is 2.71. The average molecular weight is 310 g/mol. The van der Waals surface area contributed by atoms with E-state index in [0.717, 1.165) is 37.3 Å². The number of hydrogen-bond acceptors (Lipinski definition) is 4. The predicted molar refractivity (Wildman–Crippen MR) is 91.5 cm³/mol. The molecule has 2 aromatic rings. The number of amides is 1. The second-order valence-corrected chi connectivity index (χ2v) is 6.12. The van der Waals surface area contributed by atoms with Crippen LogP contribution in [0.2, 0.25) is 0 Å². The quantitative estimate of drug-likeness (QED) is 0.943. The first kappa shape index (κ1) is 15.5. The van der Waals surface area contributed by atoms with Gasteiger partial charge in [-0.1, -0.05) is 30.3 Å². The van der Waals surface area contributed by atoms with Crippen LogP contribution in [0, 0.1) is 0 Å². The molecule has 0 atom stereocenters. The Morgan fingerprint density at radius 3 is 2.48 bits per heavy atom. The first-order valence-corrected chi connectivity index (χ1v) is 8.14. The Labute approximate surface area is 136 Å². The molecule has 0 spiro atoms. The van der Waals surface area contributed by atoms with Crippen LogP contribution >= 0.6 is 0 Å². The number of nitrogens with zero attached hydrogens (tertiary/aromatic N) is 3. The van der Waals surface area contributed by atoms with Gasteiger partial charge in [-0.3, -0.25) is 4.79 Å². The Bertz CT molecular complexity index is 679. The van der Waals surface area contributed by atoms with E-state index < -0.39 is 0 Å². The summed E-state index contributed by atoms with van der Waals surface area (Å²) < 4.78 is 0. The third-order valence-electron chi connectivity index (χ3n) is 3.83. The van der Waals surface area contributed by atoms with Crippen molar-refractivity contribution in [3.05, 3.63) is 42.1 Å². The molecule has 0 unspecified atom stereocenters. The third-order valence-corrected chi connectivity index (χ3v) is 3.83. The van der Waals surface area contributed by atoms with Crippen molar-refractivity contribution < 1.29 is 4.79 Å². The van der Waals surface area contributed by atoms with Crippen molar-refractivity contribution in [3.63, 3.8) is 0 Å². The van der Waals surface area contributed by atoms with Crippen LogP contribution < -0.4 is 10.2 Å². The van der Waals surface area contributed by atoms with Gasteiger partial charge in [-0.15, -0.1) is 0 Å². The smallest absolute Gasteiger partial charge is 0.270 e. The zero-order chi connectivity index (χ0) is 16.2. The molecule has 1 aliphatic rings. The van der Waals surface area contributed by atoms with Gasteiger partial charge in [0.1, 0.15) is 11.5 Å². The van der Waals surface area contributed by atoms with Crippen LogP contribution in [0.15, 0.2) is 36.4 Å². The summed E-state index contributed by atoms with van der Waals surface area (Å²) in [7, 11) is 0. The van der Waals surface area contributed by atoms with Crippen LogP contribution in [0.3, 0.4) is 0 Å². The van der Waals surface area contributed by atoms with E-state index in [1.807, 2.05) is 44.2 Å². The van der Waals surface area contributed by atoms with E-state index in [4.69, 9.17) is 0 Å². The van der Waals surface area contributed by atoms with Crippen molar-refractivity contribution in [2.24, 2.45) is 0 Å². The molecule has 1 N–H and O–H groups in total. The van der Waals surface area contributed by atoms with Gasteiger partial charge in [-0.2, -0.15) is 0 Å². The van der Waals surface area contributed by atoms with Crippen LogP contribution in [-0.2, 0) is 0 Å². The molecule has 0 saturated carbocycles. The molecule has 3 rings (SSSR count). The molecule has 1 aliphatic heterocycles. The van der Waals surface area contributed by atoms with Crippen molar-refractivity contribution in [3.8, 4) is 11.4 Å². The van der Waals surface area contributed by atoms with Crippen molar-refractivity contribution >= 4 is 11.7 Å². The Morgan fingerprint density at radius 1 is 1.13 bits per heavy atom. The Morgan fingerprint density at radius 2 is 1.83 bits per heavy atom. The van der Waals surface area contributed by atoms with Crippen molar-refractivity contribution in [1.29, 1.82) is 0 Å². The van der Waals surface area contributed by atoms with Gasteiger partial charge < -0.3 is 10.2 Å². The normalized spacial score (nSPS) is 14.3. The molecule has 5 heteroatoms. The molecule has 1 fully saturated rings. The molecular formula is C18H22N4O. The largest absolute Gasteiger partial charge is 0.356 e. The first-order chi connectivity index (χ1) is 11.1. The topological polar surface area (TPSA) is 58.1 Å². The third kappa shape index (κ3) is 3.67. The van der Waals surface area contributed by atoms with E-state index in [-0.39, 0.29) is 11.9 Å². The highest BCUT2D eigenvalue weighted by atomic mass is 16.1. The van der Waals surface area contributed by atoms with E-state index in [1.165, 1.54) is 0 Å². The fourth-order valence-corrected chi connectivity index (χ4v) is 2.71. The van der Waals surface area contributed by atoms with Crippen LogP contribution in [-0.4, -0.2) is 35.0 Å². The lowest BCUT2D eigenvalue weighted by atomic mass is 10.2. The number of aromatic nitrogens is 2. The molecular weight excluding hydrogens is 288 g/mol. The molecule has 23 heavy (non-hydrogen) atoms. The van der Waals surface area contributed by atoms with E-state index in [2.05, 4.69) is 20.2 Å². The maximum absolute atomic E-state index is 12.4. The maximum atomic E-state index is 12.4. The molecule has 1 saturated heterocycles. The number of carbonyl (C=O) groups excluding carboxylic acids is 1. The van der Waals surface area contributed by atoms with Gasteiger partial charge in [0.05, 0.1) is 0 Å². The zero-order valence-corrected chi connectivity index (χ0v) is 13.6. The van der Waals surface area contributed by atoms with Crippen molar-refractivity contribution in [1.82, 2.24) is 15.3 Å². The number of carbonyl (C=O) groups is 1. The summed E-state index contributed by atoms with van der Waals surface area (Å²) in [5.74, 6) is 1.29. The number of benzene rings is 1. The minimum atomic E-state index is -0.153. The Balaban J connectivity index is 2.01. The van der Waals surface area contributed by atoms with E-state index in [1.54, 1.807) is 6.07 Å². The van der Waals surface area contributed by atoms with Gasteiger partial charge in [0.25, 0.3) is 5.91 Å². The minimum Gasteiger partial charge on any atom is -0.356 e. The van der Waals surface area contributed by atoms with Crippen LogP contribution in [0.5, 0.6) is 0 Å². The van der Waals surface area contributed by atoms with Crippen LogP contribution in [0.4, 0.5) is 5.82 Å². The molecule has 1 aromatic heterocycles. The maximum Gasteiger partial charge on any atom is 0.270 e. The predicted octanol–water partition coefficient (Wildman–Crippen LogP) is 2.88. The second-order valence-electron chi connectivity index (χ2n) is 6.12. The zero-order valence-electron chi connectivity index (χ0n) is 13.6. The molecule has 0 bridgehead atoms. The van der Waals surface area contributed by atoms with E-state index in [0.29, 0.717) is 11.5 Å². The molecule has 1 amide bonds. The number of nitrogens with one attached hydrogen (secondary N) is 1. The van der Waals surface area contributed by atoms with Gasteiger partial charge >= 0.3 is 0 Å². The van der Waals surface area contributed by atoms with Gasteiger partial charge in [-0.05, 0) is 26.7 Å². The highest BCUT2D eigenvalue weighted by molar-refractivity contribution is 5.93. The van der Waals surface area contributed by atoms with Gasteiger partial charge in [0.15, 0.2) is 5.82 Å². The fraction of sp³-hybridized carbons (Fsp3) is 0.389. The summed E-state index contributed by atoms with van der Waals surface area (Å²) in [4.78, 5) is 23.8. The monoisotopic (exact) mass is 310 g/mol. The summed E-state index contributed by atoms with van der Waals surface area (Å²) in [6.45, 7) is 5.85. The lowest BCUT2D eigenvalue weighted by molar-refractivity contribution is 0.0938. The number of rotatable bonds is 4. The summed E-state index contributed by atoms with van der Waals surface area (Å²) in [6, 6.07) is 11.7. The molecule has 0 radical (unpaired) electrons. The Kier molecular flexibility index (Phi) is 4.55. The lowest BCUT2D eigenvalue weighted by Gasteiger charge is -2.18. The van der Waals surface area contributed by atoms with Crippen LogP contribution in [0.25, 0.3) is 11.4 Å². The molecule has 120 valence electrons. The highest BCUT2D eigenvalue weighted by Gasteiger charge is 2.19. The first-order valence-electron chi connectivity index (χ1n) is 8.14. The summed E-state index contributed by atoms with van der Waals surface area (Å²) in [5.41, 5.74) is 1.35. The molecule has 0 aliphatic carbocycles. The van der Waals surface area contributed by atoms with E-state index in [9.17, 15) is 4.79 Å². The number of hydrogen-bond donors (Lipinski definition) is 1. The van der Waals surface area contributed by atoms with Crippen LogP contribution in [0.1, 0.15) is 37.2 Å². The molecule has 2 heterocycles. The van der Waals surface area contributed by atoms with Gasteiger partial charge in [-0.25, -0.2) is 9.97 Å².